The standard InChI is InChI=1S/C24H26O8/c1-6-32-24(27)22-16(12-25)23(26)15-11-20(31-5)19(30-4)10-14(15)21(22)13-7-8-17(28-2)18(9-13)29-3/h7-12,21-22,25H,6H2,1-5H3/b16-12-/t21-,22-/m0/s1. The third-order valence-corrected chi connectivity index (χ3v) is 5.51. The number of ether oxygens (including phenoxy) is 5. The van der Waals surface area contributed by atoms with Gasteiger partial charge < -0.3 is 28.8 Å². The van der Waals surface area contributed by atoms with Crippen molar-refractivity contribution in [1.82, 2.24) is 0 Å². The molecule has 8 heteroatoms. The first kappa shape index (κ1) is 23.0. The molecule has 0 saturated heterocycles. The number of carbonyl (C=O) groups is 2. The number of fused-ring (bicyclic) bond motifs is 1. The zero-order valence-corrected chi connectivity index (χ0v) is 18.6. The molecule has 170 valence electrons. The van der Waals surface area contributed by atoms with E-state index in [4.69, 9.17) is 23.7 Å². The highest BCUT2D eigenvalue weighted by Gasteiger charge is 2.45. The fourth-order valence-electron chi connectivity index (χ4n) is 4.06. The largest absolute Gasteiger partial charge is 0.515 e. The monoisotopic (exact) mass is 442 g/mol. The average Bonchev–Trinajstić information content (AvgIpc) is 2.82. The molecule has 0 aliphatic heterocycles. The maximum atomic E-state index is 13.3. The smallest absolute Gasteiger partial charge is 0.314 e. The number of aliphatic hydroxyl groups is 1. The summed E-state index contributed by atoms with van der Waals surface area (Å²) in [5.41, 5.74) is 1.44. The van der Waals surface area contributed by atoms with Gasteiger partial charge in [0.2, 0.25) is 0 Å². The predicted octanol–water partition coefficient (Wildman–Crippen LogP) is 3.67. The third-order valence-electron chi connectivity index (χ3n) is 5.51. The number of hydrogen-bond acceptors (Lipinski definition) is 8. The van der Waals surface area contributed by atoms with Gasteiger partial charge in [0.1, 0.15) is 0 Å². The van der Waals surface area contributed by atoms with Crippen molar-refractivity contribution in [2.75, 3.05) is 35.0 Å². The lowest BCUT2D eigenvalue weighted by Gasteiger charge is -2.34. The Morgan fingerprint density at radius 2 is 1.53 bits per heavy atom. The molecule has 1 aliphatic carbocycles. The fraction of sp³-hybridized carbons (Fsp3) is 0.333. The summed E-state index contributed by atoms with van der Waals surface area (Å²) in [7, 11) is 5.99. The van der Waals surface area contributed by atoms with E-state index in [2.05, 4.69) is 0 Å². The second-order valence-electron chi connectivity index (χ2n) is 7.03. The zero-order chi connectivity index (χ0) is 23.4. The van der Waals surface area contributed by atoms with E-state index in [1.807, 2.05) is 0 Å². The van der Waals surface area contributed by atoms with Crippen LogP contribution in [0.1, 0.15) is 34.3 Å². The van der Waals surface area contributed by atoms with Crippen LogP contribution < -0.4 is 18.9 Å². The second kappa shape index (κ2) is 9.64. The van der Waals surface area contributed by atoms with Crippen molar-refractivity contribution in [3.8, 4) is 23.0 Å². The Balaban J connectivity index is 2.34. The van der Waals surface area contributed by atoms with Gasteiger partial charge in [0.25, 0.3) is 0 Å². The SMILES string of the molecule is CCOC(=O)[C@H]1/C(=C/O)C(=O)c2cc(OC)c(OC)cc2[C@@H]1c1ccc(OC)c(OC)c1. The van der Waals surface area contributed by atoms with Crippen LogP contribution in [-0.4, -0.2) is 51.9 Å². The molecule has 0 bridgehead atoms. The number of Topliss-reactive ketones (excluding diaryl/α,β-unsaturated/α-hetero) is 1. The number of aliphatic hydroxyl groups excluding tert-OH is 1. The fourth-order valence-corrected chi connectivity index (χ4v) is 4.06. The van der Waals surface area contributed by atoms with Gasteiger partial charge in [-0.25, -0.2) is 0 Å². The van der Waals surface area contributed by atoms with Gasteiger partial charge in [-0.1, -0.05) is 6.07 Å². The molecule has 3 rings (SSSR count). The van der Waals surface area contributed by atoms with Gasteiger partial charge in [0.15, 0.2) is 28.8 Å². The van der Waals surface area contributed by atoms with Gasteiger partial charge in [-0.05, 0) is 42.3 Å². The summed E-state index contributed by atoms with van der Waals surface area (Å²) in [6, 6.07) is 8.46. The molecule has 0 fully saturated rings. The van der Waals surface area contributed by atoms with Crippen LogP contribution in [0, 0.1) is 5.92 Å². The van der Waals surface area contributed by atoms with Crippen LogP contribution in [0.2, 0.25) is 0 Å². The van der Waals surface area contributed by atoms with Crippen molar-refractivity contribution in [2.45, 2.75) is 12.8 Å². The van der Waals surface area contributed by atoms with E-state index in [0.717, 1.165) is 0 Å². The molecule has 2 aromatic rings. The molecule has 0 saturated carbocycles. The summed E-state index contributed by atoms with van der Waals surface area (Å²) in [6.07, 6.45) is 0.678. The van der Waals surface area contributed by atoms with Crippen LogP contribution in [-0.2, 0) is 9.53 Å². The number of rotatable bonds is 7. The van der Waals surface area contributed by atoms with Crippen LogP contribution in [0.25, 0.3) is 0 Å². The Kier molecular flexibility index (Phi) is 6.92. The number of esters is 1. The first-order valence-electron chi connectivity index (χ1n) is 9.99. The Morgan fingerprint density at radius 3 is 2.09 bits per heavy atom. The number of ketones is 1. The molecule has 0 unspecified atom stereocenters. The maximum absolute atomic E-state index is 13.3. The molecule has 8 nitrogen and oxygen atoms in total. The maximum Gasteiger partial charge on any atom is 0.314 e. The van der Waals surface area contributed by atoms with E-state index in [-0.39, 0.29) is 12.2 Å². The number of benzene rings is 2. The van der Waals surface area contributed by atoms with Gasteiger partial charge in [0.05, 0.1) is 47.2 Å². The summed E-state index contributed by atoms with van der Waals surface area (Å²) in [6.45, 7) is 1.80. The van der Waals surface area contributed by atoms with E-state index >= 15 is 0 Å². The number of hydrogen-bond donors (Lipinski definition) is 1. The van der Waals surface area contributed by atoms with E-state index in [0.29, 0.717) is 46.0 Å². The molecule has 2 atom stereocenters. The molecular weight excluding hydrogens is 416 g/mol. The molecule has 32 heavy (non-hydrogen) atoms. The summed E-state index contributed by atoms with van der Waals surface area (Å²) < 4.78 is 26.8. The highest BCUT2D eigenvalue weighted by Crippen LogP contribution is 2.48. The topological polar surface area (TPSA) is 101 Å². The first-order chi connectivity index (χ1) is 15.4. The number of methoxy groups -OCH3 is 4. The third kappa shape index (κ3) is 3.84. The second-order valence-corrected chi connectivity index (χ2v) is 7.03. The van der Waals surface area contributed by atoms with Gasteiger partial charge in [-0.2, -0.15) is 0 Å². The van der Waals surface area contributed by atoms with Gasteiger partial charge in [-0.3, -0.25) is 9.59 Å². The van der Waals surface area contributed by atoms with Gasteiger partial charge >= 0.3 is 5.97 Å². The minimum Gasteiger partial charge on any atom is -0.515 e. The van der Waals surface area contributed by atoms with Gasteiger partial charge in [0, 0.05) is 17.1 Å². The van der Waals surface area contributed by atoms with E-state index in [1.165, 1.54) is 28.4 Å². The highest BCUT2D eigenvalue weighted by atomic mass is 16.5. The molecule has 0 radical (unpaired) electrons. The molecule has 2 aromatic carbocycles. The Morgan fingerprint density at radius 1 is 0.938 bits per heavy atom. The quantitative estimate of drug-likeness (QED) is 0.394. The lowest BCUT2D eigenvalue weighted by atomic mass is 9.68. The molecule has 0 amide bonds. The van der Waals surface area contributed by atoms with Crippen molar-refractivity contribution < 1.29 is 38.4 Å². The molecule has 1 N–H and O–H groups in total. The molecule has 0 aromatic heterocycles. The van der Waals surface area contributed by atoms with Crippen molar-refractivity contribution in [3.05, 3.63) is 58.9 Å². The summed E-state index contributed by atoms with van der Waals surface area (Å²) >= 11 is 0. The summed E-state index contributed by atoms with van der Waals surface area (Å²) in [5.74, 6) is -1.11. The Hall–Kier alpha value is -3.68. The Labute approximate surface area is 186 Å². The molecule has 0 spiro atoms. The first-order valence-corrected chi connectivity index (χ1v) is 9.99. The van der Waals surface area contributed by atoms with Crippen molar-refractivity contribution >= 4 is 11.8 Å². The van der Waals surface area contributed by atoms with E-state index < -0.39 is 23.6 Å². The summed E-state index contributed by atoms with van der Waals surface area (Å²) in [4.78, 5) is 26.3. The normalized spacial score (nSPS) is 18.7. The van der Waals surface area contributed by atoms with Crippen molar-refractivity contribution in [3.63, 3.8) is 0 Å². The van der Waals surface area contributed by atoms with Crippen molar-refractivity contribution in [1.29, 1.82) is 0 Å². The number of carbonyl (C=O) groups excluding carboxylic acids is 2. The lowest BCUT2D eigenvalue weighted by molar-refractivity contribution is -0.147. The van der Waals surface area contributed by atoms with Crippen LogP contribution >= 0.6 is 0 Å². The van der Waals surface area contributed by atoms with E-state index in [9.17, 15) is 14.7 Å². The molecular formula is C24H26O8. The van der Waals surface area contributed by atoms with Gasteiger partial charge in [-0.15, -0.1) is 0 Å². The lowest BCUT2D eigenvalue weighted by Crippen LogP contribution is -2.35. The van der Waals surface area contributed by atoms with Crippen molar-refractivity contribution in [2.24, 2.45) is 5.92 Å². The van der Waals surface area contributed by atoms with Crippen LogP contribution in [0.5, 0.6) is 23.0 Å². The van der Waals surface area contributed by atoms with Crippen LogP contribution in [0.15, 0.2) is 42.2 Å². The van der Waals surface area contributed by atoms with Crippen LogP contribution in [0.3, 0.4) is 0 Å². The predicted molar refractivity (Wildman–Crippen MR) is 116 cm³/mol. The average molecular weight is 442 g/mol. The summed E-state index contributed by atoms with van der Waals surface area (Å²) in [5, 5.41) is 9.96. The van der Waals surface area contributed by atoms with E-state index in [1.54, 1.807) is 37.3 Å². The minimum atomic E-state index is -1.07. The highest BCUT2D eigenvalue weighted by molar-refractivity contribution is 6.14. The molecule has 0 heterocycles. The Bertz CT molecular complexity index is 1060. The zero-order valence-electron chi connectivity index (χ0n) is 18.6. The minimum absolute atomic E-state index is 0.0667. The molecule has 1 aliphatic rings. The van der Waals surface area contributed by atoms with Crippen LogP contribution in [0.4, 0.5) is 0 Å².